The molecule has 0 saturated carbocycles. The van der Waals surface area contributed by atoms with E-state index >= 15 is 0 Å². The van der Waals surface area contributed by atoms with Crippen molar-refractivity contribution < 1.29 is 25.3 Å². The van der Waals surface area contributed by atoms with Crippen LogP contribution in [0.3, 0.4) is 0 Å². The molecule has 4 unspecified atom stereocenters. The number of nitrogens with zero attached hydrogens (tertiary/aromatic N) is 3. The van der Waals surface area contributed by atoms with E-state index in [1.54, 1.807) is 6.20 Å². The Bertz CT molecular complexity index is 706. The van der Waals surface area contributed by atoms with Crippen LogP contribution in [0.15, 0.2) is 17.0 Å². The van der Waals surface area contributed by atoms with Gasteiger partial charge in [-0.15, -0.1) is 0 Å². The average Bonchev–Trinajstić information content (AvgIpc) is 2.95. The van der Waals surface area contributed by atoms with Gasteiger partial charge in [-0.25, -0.2) is 9.97 Å². The molecule has 0 aromatic carbocycles. The fourth-order valence-electron chi connectivity index (χ4n) is 2.69. The molecule has 0 radical (unpaired) electrons. The molecular formula is C12H15BrN4O5. The highest BCUT2D eigenvalue weighted by Crippen LogP contribution is 2.41. The molecule has 1 saturated heterocycles. The Kier molecular flexibility index (Phi) is 3.83. The third kappa shape index (κ3) is 2.11. The second kappa shape index (κ2) is 5.41. The minimum absolute atomic E-state index is 0.188. The lowest BCUT2D eigenvalue weighted by Crippen LogP contribution is -2.44. The summed E-state index contributed by atoms with van der Waals surface area (Å²) in [7, 11) is 0. The van der Waals surface area contributed by atoms with Gasteiger partial charge in [-0.2, -0.15) is 0 Å². The lowest BCUT2D eigenvalue weighted by Gasteiger charge is -2.27. The molecule has 3 rings (SSSR count). The zero-order chi connectivity index (χ0) is 16.1. The first-order valence-corrected chi connectivity index (χ1v) is 7.29. The van der Waals surface area contributed by atoms with Crippen LogP contribution < -0.4 is 5.48 Å². The van der Waals surface area contributed by atoms with Gasteiger partial charge >= 0.3 is 0 Å². The van der Waals surface area contributed by atoms with E-state index in [-0.39, 0.29) is 5.82 Å². The zero-order valence-corrected chi connectivity index (χ0v) is 13.1. The molecule has 0 amide bonds. The number of hydrogen-bond donors (Lipinski definition) is 5. The van der Waals surface area contributed by atoms with Gasteiger partial charge in [-0.1, -0.05) is 0 Å². The number of nitrogens with one attached hydrogen (secondary N) is 1. The molecule has 1 aliphatic heterocycles. The SMILES string of the molecule is CC1(O)C(O)C(CO)OC1n1cc(Br)c2c(NO)ncnc21. The lowest BCUT2D eigenvalue weighted by molar-refractivity contribution is -0.0948. The summed E-state index contributed by atoms with van der Waals surface area (Å²) < 4.78 is 7.65. The average molecular weight is 375 g/mol. The summed E-state index contributed by atoms with van der Waals surface area (Å²) in [5.41, 5.74) is 0.732. The molecule has 1 aliphatic rings. The molecule has 0 bridgehead atoms. The Labute approximate surface area is 133 Å². The highest BCUT2D eigenvalue weighted by molar-refractivity contribution is 9.10. The number of rotatable bonds is 3. The Morgan fingerprint density at radius 1 is 1.50 bits per heavy atom. The second-order valence-electron chi connectivity index (χ2n) is 5.30. The molecule has 5 N–H and O–H groups in total. The fraction of sp³-hybridized carbons (Fsp3) is 0.500. The second-order valence-corrected chi connectivity index (χ2v) is 6.15. The van der Waals surface area contributed by atoms with Crippen molar-refractivity contribution in [2.75, 3.05) is 12.1 Å². The van der Waals surface area contributed by atoms with E-state index in [1.165, 1.54) is 17.8 Å². The molecule has 1 fully saturated rings. The molecule has 9 nitrogen and oxygen atoms in total. The summed E-state index contributed by atoms with van der Waals surface area (Å²) in [6, 6.07) is 0. The van der Waals surface area contributed by atoms with Crippen LogP contribution in [-0.2, 0) is 4.74 Å². The molecular weight excluding hydrogens is 360 g/mol. The lowest BCUT2D eigenvalue weighted by atomic mass is 9.96. The van der Waals surface area contributed by atoms with Gasteiger partial charge in [0.25, 0.3) is 0 Å². The number of aliphatic hydroxyl groups is 3. The van der Waals surface area contributed by atoms with Crippen LogP contribution >= 0.6 is 15.9 Å². The topological polar surface area (TPSA) is 133 Å². The Morgan fingerprint density at radius 2 is 2.23 bits per heavy atom. The van der Waals surface area contributed by atoms with Crippen molar-refractivity contribution >= 4 is 32.8 Å². The number of aromatic nitrogens is 3. The highest BCUT2D eigenvalue weighted by atomic mass is 79.9. The Balaban J connectivity index is 2.15. The van der Waals surface area contributed by atoms with Crippen LogP contribution in [0.5, 0.6) is 0 Å². The van der Waals surface area contributed by atoms with Gasteiger partial charge in [-0.05, 0) is 22.9 Å². The van der Waals surface area contributed by atoms with Crippen LogP contribution in [-0.4, -0.2) is 59.5 Å². The number of aliphatic hydroxyl groups excluding tert-OH is 2. The molecule has 3 heterocycles. The molecule has 10 heteroatoms. The van der Waals surface area contributed by atoms with E-state index in [1.807, 2.05) is 5.48 Å². The van der Waals surface area contributed by atoms with E-state index in [2.05, 4.69) is 25.9 Å². The predicted octanol–water partition coefficient (Wildman–Crippen LogP) is -0.00350. The van der Waals surface area contributed by atoms with Crippen LogP contribution in [0.2, 0.25) is 0 Å². The number of hydrogen-bond acceptors (Lipinski definition) is 8. The first-order chi connectivity index (χ1) is 10.4. The maximum Gasteiger partial charge on any atom is 0.167 e. The van der Waals surface area contributed by atoms with E-state index < -0.39 is 30.6 Å². The molecule has 0 spiro atoms. The van der Waals surface area contributed by atoms with Gasteiger partial charge in [0.2, 0.25) is 0 Å². The number of ether oxygens (including phenoxy) is 1. The minimum atomic E-state index is -1.63. The summed E-state index contributed by atoms with van der Waals surface area (Å²) in [5, 5.41) is 39.5. The van der Waals surface area contributed by atoms with Crippen molar-refractivity contribution in [1.82, 2.24) is 14.5 Å². The van der Waals surface area contributed by atoms with E-state index in [9.17, 15) is 15.3 Å². The molecule has 2 aromatic rings. The third-order valence-corrected chi connectivity index (χ3v) is 4.46. The van der Waals surface area contributed by atoms with Crippen LogP contribution in [0.4, 0.5) is 5.82 Å². The minimum Gasteiger partial charge on any atom is -0.394 e. The summed E-state index contributed by atoms with van der Waals surface area (Å²) in [4.78, 5) is 8.03. The van der Waals surface area contributed by atoms with Gasteiger partial charge in [0, 0.05) is 10.7 Å². The summed E-state index contributed by atoms with van der Waals surface area (Å²) in [6.45, 7) is 0.997. The highest BCUT2D eigenvalue weighted by Gasteiger charge is 2.53. The first-order valence-electron chi connectivity index (χ1n) is 6.49. The van der Waals surface area contributed by atoms with E-state index in [0.29, 0.717) is 15.5 Å². The smallest absolute Gasteiger partial charge is 0.167 e. The van der Waals surface area contributed by atoms with Gasteiger partial charge in [0.15, 0.2) is 12.0 Å². The zero-order valence-electron chi connectivity index (χ0n) is 11.5. The van der Waals surface area contributed by atoms with Gasteiger partial charge < -0.3 is 24.6 Å². The number of halogens is 1. The van der Waals surface area contributed by atoms with Crippen molar-refractivity contribution in [3.63, 3.8) is 0 Å². The Hall–Kier alpha value is -1.30. The summed E-state index contributed by atoms with van der Waals surface area (Å²) in [5.74, 6) is 0.188. The fourth-order valence-corrected chi connectivity index (χ4v) is 3.28. The van der Waals surface area contributed by atoms with Gasteiger partial charge in [0.05, 0.1) is 12.0 Å². The predicted molar refractivity (Wildman–Crippen MR) is 78.3 cm³/mol. The van der Waals surface area contributed by atoms with Crippen LogP contribution in [0.25, 0.3) is 11.0 Å². The maximum absolute atomic E-state index is 10.5. The van der Waals surface area contributed by atoms with Crippen molar-refractivity contribution in [1.29, 1.82) is 0 Å². The molecule has 120 valence electrons. The standard InChI is InChI=1S/C12H15BrN4O5/c1-12(20)8(19)6(3-18)22-11(12)17-2-5(13)7-9(16-21)14-4-15-10(7)17/h2,4,6,8,11,18-21H,3H2,1H3,(H,14,15,16). The van der Waals surface area contributed by atoms with Gasteiger partial charge in [0.1, 0.15) is 29.8 Å². The number of anilines is 1. The first kappa shape index (κ1) is 15.6. The van der Waals surface area contributed by atoms with Crippen LogP contribution in [0, 0.1) is 0 Å². The Morgan fingerprint density at radius 3 is 2.82 bits per heavy atom. The molecule has 0 aliphatic carbocycles. The van der Waals surface area contributed by atoms with E-state index in [0.717, 1.165) is 0 Å². The van der Waals surface area contributed by atoms with Crippen molar-refractivity contribution in [3.05, 3.63) is 17.0 Å². The summed E-state index contributed by atoms with van der Waals surface area (Å²) >= 11 is 3.34. The normalized spacial score (nSPS) is 31.8. The van der Waals surface area contributed by atoms with Gasteiger partial charge in [-0.3, -0.25) is 10.7 Å². The third-order valence-electron chi connectivity index (χ3n) is 3.86. The van der Waals surface area contributed by atoms with Crippen molar-refractivity contribution in [2.24, 2.45) is 0 Å². The van der Waals surface area contributed by atoms with Crippen molar-refractivity contribution in [2.45, 2.75) is 31.0 Å². The largest absolute Gasteiger partial charge is 0.394 e. The molecule has 22 heavy (non-hydrogen) atoms. The maximum atomic E-state index is 10.5. The van der Waals surface area contributed by atoms with Crippen LogP contribution in [0.1, 0.15) is 13.2 Å². The molecule has 4 atom stereocenters. The quantitative estimate of drug-likeness (QED) is 0.474. The van der Waals surface area contributed by atoms with Crippen molar-refractivity contribution in [3.8, 4) is 0 Å². The molecule has 2 aromatic heterocycles. The number of fused-ring (bicyclic) bond motifs is 1. The van der Waals surface area contributed by atoms with E-state index in [4.69, 9.17) is 9.94 Å². The monoisotopic (exact) mass is 374 g/mol. The summed E-state index contributed by atoms with van der Waals surface area (Å²) in [6.07, 6.45) is -0.279.